The molecule has 5 nitrogen and oxygen atoms in total. The average molecular weight is 220 g/mol. The first kappa shape index (κ1) is 10.7. The fourth-order valence-corrected chi connectivity index (χ4v) is 1.79. The van der Waals surface area contributed by atoms with Crippen molar-refractivity contribution < 1.29 is 4.42 Å². The van der Waals surface area contributed by atoms with Crippen molar-refractivity contribution in [3.63, 3.8) is 0 Å². The van der Waals surface area contributed by atoms with Gasteiger partial charge in [0.25, 0.3) is 0 Å². The van der Waals surface area contributed by atoms with Crippen molar-refractivity contribution in [2.75, 3.05) is 5.73 Å². The average Bonchev–Trinajstić information content (AvgIpc) is 2.69. The van der Waals surface area contributed by atoms with Crippen molar-refractivity contribution in [2.45, 2.75) is 27.2 Å². The van der Waals surface area contributed by atoms with Gasteiger partial charge in [-0.2, -0.15) is 5.10 Å². The van der Waals surface area contributed by atoms with Crippen molar-refractivity contribution >= 4 is 5.69 Å². The van der Waals surface area contributed by atoms with Gasteiger partial charge in [-0.25, -0.2) is 4.98 Å². The van der Waals surface area contributed by atoms with Gasteiger partial charge in [-0.15, -0.1) is 0 Å². The summed E-state index contributed by atoms with van der Waals surface area (Å²) < 4.78 is 7.38. The summed E-state index contributed by atoms with van der Waals surface area (Å²) in [5.74, 6) is 1.45. The molecule has 0 radical (unpaired) electrons. The fourth-order valence-electron chi connectivity index (χ4n) is 1.79. The van der Waals surface area contributed by atoms with Gasteiger partial charge in [0.2, 0.25) is 5.89 Å². The molecule has 2 N–H and O–H groups in total. The van der Waals surface area contributed by atoms with E-state index in [1.807, 2.05) is 27.8 Å². The van der Waals surface area contributed by atoms with Crippen LogP contribution in [0, 0.1) is 13.8 Å². The van der Waals surface area contributed by atoms with Crippen LogP contribution in [0.1, 0.15) is 24.1 Å². The van der Waals surface area contributed by atoms with Gasteiger partial charge in [0.15, 0.2) is 0 Å². The summed E-state index contributed by atoms with van der Waals surface area (Å²) in [4.78, 5) is 4.38. The predicted molar refractivity (Wildman–Crippen MR) is 62.0 cm³/mol. The van der Waals surface area contributed by atoms with Crippen molar-refractivity contribution in [1.82, 2.24) is 14.8 Å². The Kier molecular flexibility index (Phi) is 2.46. The maximum atomic E-state index is 5.95. The summed E-state index contributed by atoms with van der Waals surface area (Å²) in [6.45, 7) is 5.84. The summed E-state index contributed by atoms with van der Waals surface area (Å²) in [6.07, 6.45) is 0.829. The molecular weight excluding hydrogens is 204 g/mol. The highest BCUT2D eigenvalue weighted by atomic mass is 16.4. The van der Waals surface area contributed by atoms with Gasteiger partial charge < -0.3 is 10.2 Å². The molecule has 0 aromatic carbocycles. The quantitative estimate of drug-likeness (QED) is 0.838. The topological polar surface area (TPSA) is 69.9 Å². The molecule has 16 heavy (non-hydrogen) atoms. The Balaban J connectivity index is 2.58. The standard InChI is InChI=1S/C11H16N4O/c1-5-8-6(2)13-11(16-8)10-9(12)7(3)14-15(10)4/h5,12H2,1-4H3. The Hall–Kier alpha value is -1.78. The van der Waals surface area contributed by atoms with E-state index in [0.29, 0.717) is 11.6 Å². The van der Waals surface area contributed by atoms with Gasteiger partial charge in [0, 0.05) is 13.5 Å². The zero-order valence-corrected chi connectivity index (χ0v) is 10.0. The summed E-state index contributed by atoms with van der Waals surface area (Å²) in [5, 5.41) is 4.24. The molecule has 0 aliphatic carbocycles. The van der Waals surface area contributed by atoms with E-state index in [2.05, 4.69) is 10.1 Å². The minimum Gasteiger partial charge on any atom is -0.440 e. The molecule has 2 aromatic heterocycles. The van der Waals surface area contributed by atoms with E-state index in [1.165, 1.54) is 0 Å². The molecule has 0 spiro atoms. The van der Waals surface area contributed by atoms with Gasteiger partial charge >= 0.3 is 0 Å². The van der Waals surface area contributed by atoms with Crippen LogP contribution < -0.4 is 5.73 Å². The van der Waals surface area contributed by atoms with Crippen LogP contribution >= 0.6 is 0 Å². The molecule has 5 heteroatoms. The summed E-state index contributed by atoms with van der Waals surface area (Å²) in [6, 6.07) is 0. The van der Waals surface area contributed by atoms with Crippen molar-refractivity contribution in [3.8, 4) is 11.6 Å². The van der Waals surface area contributed by atoms with E-state index >= 15 is 0 Å². The van der Waals surface area contributed by atoms with Crippen LogP contribution in [0.15, 0.2) is 4.42 Å². The van der Waals surface area contributed by atoms with Crippen LogP contribution in [0.4, 0.5) is 5.69 Å². The molecule has 0 aliphatic rings. The third kappa shape index (κ3) is 1.48. The van der Waals surface area contributed by atoms with Crippen LogP contribution in [-0.2, 0) is 13.5 Å². The largest absolute Gasteiger partial charge is 0.440 e. The van der Waals surface area contributed by atoms with Crippen LogP contribution in [0.25, 0.3) is 11.6 Å². The third-order valence-corrected chi connectivity index (χ3v) is 2.68. The molecule has 0 atom stereocenters. The highest BCUT2D eigenvalue weighted by Gasteiger charge is 2.18. The van der Waals surface area contributed by atoms with Crippen molar-refractivity contribution in [2.24, 2.45) is 7.05 Å². The molecule has 0 fully saturated rings. The minimum absolute atomic E-state index is 0.551. The van der Waals surface area contributed by atoms with E-state index in [1.54, 1.807) is 4.68 Å². The van der Waals surface area contributed by atoms with E-state index in [0.717, 1.165) is 29.3 Å². The monoisotopic (exact) mass is 220 g/mol. The second-order valence-corrected chi connectivity index (χ2v) is 3.85. The van der Waals surface area contributed by atoms with Gasteiger partial charge in [-0.05, 0) is 13.8 Å². The molecule has 0 saturated carbocycles. The SMILES string of the molecule is CCc1oc(-c2c(N)c(C)nn2C)nc1C. The first-order valence-corrected chi connectivity index (χ1v) is 5.30. The van der Waals surface area contributed by atoms with E-state index in [-0.39, 0.29) is 0 Å². The molecule has 0 bridgehead atoms. The number of nitrogen functional groups attached to an aromatic ring is 1. The van der Waals surface area contributed by atoms with E-state index in [4.69, 9.17) is 10.2 Å². The molecular formula is C11H16N4O. The molecule has 2 heterocycles. The lowest BCUT2D eigenvalue weighted by atomic mass is 10.3. The van der Waals surface area contributed by atoms with Crippen molar-refractivity contribution in [1.29, 1.82) is 0 Å². The van der Waals surface area contributed by atoms with Crippen LogP contribution in [-0.4, -0.2) is 14.8 Å². The van der Waals surface area contributed by atoms with E-state index < -0.39 is 0 Å². The maximum Gasteiger partial charge on any atom is 0.247 e. The Labute approximate surface area is 94.3 Å². The lowest BCUT2D eigenvalue weighted by molar-refractivity contribution is 0.516. The second kappa shape index (κ2) is 3.66. The van der Waals surface area contributed by atoms with Crippen molar-refractivity contribution in [3.05, 3.63) is 17.1 Å². The lowest BCUT2D eigenvalue weighted by Gasteiger charge is -1.97. The maximum absolute atomic E-state index is 5.95. The Bertz CT molecular complexity index is 524. The molecule has 86 valence electrons. The fraction of sp³-hybridized carbons (Fsp3) is 0.455. The molecule has 0 unspecified atom stereocenters. The highest BCUT2D eigenvalue weighted by molar-refractivity contribution is 5.69. The number of aromatic nitrogens is 3. The molecule has 2 rings (SSSR count). The number of oxazole rings is 1. The highest BCUT2D eigenvalue weighted by Crippen LogP contribution is 2.28. The Morgan fingerprint density at radius 2 is 2.00 bits per heavy atom. The smallest absolute Gasteiger partial charge is 0.247 e. The molecule has 0 aliphatic heterocycles. The first-order chi connectivity index (χ1) is 7.54. The molecule has 0 saturated heterocycles. The van der Waals surface area contributed by atoms with Gasteiger partial charge in [-0.1, -0.05) is 6.92 Å². The second-order valence-electron chi connectivity index (χ2n) is 3.85. The lowest BCUT2D eigenvalue weighted by Crippen LogP contribution is -1.95. The van der Waals surface area contributed by atoms with Gasteiger partial charge in [0.05, 0.1) is 17.1 Å². The minimum atomic E-state index is 0.551. The summed E-state index contributed by atoms with van der Waals surface area (Å²) in [5.41, 5.74) is 9.04. The summed E-state index contributed by atoms with van der Waals surface area (Å²) in [7, 11) is 1.84. The predicted octanol–water partition coefficient (Wildman–Crippen LogP) is 1.84. The van der Waals surface area contributed by atoms with Gasteiger partial charge in [-0.3, -0.25) is 4.68 Å². The van der Waals surface area contributed by atoms with Crippen LogP contribution in [0.5, 0.6) is 0 Å². The molecule has 2 aromatic rings. The number of nitrogens with zero attached hydrogens (tertiary/aromatic N) is 3. The van der Waals surface area contributed by atoms with Gasteiger partial charge in [0.1, 0.15) is 11.5 Å². The summed E-state index contributed by atoms with van der Waals surface area (Å²) >= 11 is 0. The zero-order valence-electron chi connectivity index (χ0n) is 10.0. The zero-order chi connectivity index (χ0) is 11.9. The molecule has 0 amide bonds. The number of hydrogen-bond acceptors (Lipinski definition) is 4. The number of rotatable bonds is 2. The third-order valence-electron chi connectivity index (χ3n) is 2.68. The number of aryl methyl sites for hydroxylation is 4. The normalized spacial score (nSPS) is 11.0. The number of hydrogen-bond donors (Lipinski definition) is 1. The first-order valence-electron chi connectivity index (χ1n) is 5.30. The Morgan fingerprint density at radius 1 is 1.31 bits per heavy atom. The van der Waals surface area contributed by atoms with E-state index in [9.17, 15) is 0 Å². The number of anilines is 1. The number of nitrogens with two attached hydrogens (primary N) is 1. The Morgan fingerprint density at radius 3 is 2.44 bits per heavy atom. The van der Waals surface area contributed by atoms with Crippen LogP contribution in [0.3, 0.4) is 0 Å². The van der Waals surface area contributed by atoms with Crippen LogP contribution in [0.2, 0.25) is 0 Å².